The first-order valence-electron chi connectivity index (χ1n) is 4.96. The van der Waals surface area contributed by atoms with Gasteiger partial charge in [0.2, 0.25) is 0 Å². The van der Waals surface area contributed by atoms with Crippen molar-refractivity contribution in [2.75, 3.05) is 0 Å². The molecule has 0 saturated heterocycles. The summed E-state index contributed by atoms with van der Waals surface area (Å²) >= 11 is 0. The van der Waals surface area contributed by atoms with Gasteiger partial charge < -0.3 is 10.2 Å². The fourth-order valence-electron chi connectivity index (χ4n) is 1.43. The average Bonchev–Trinajstić information content (AvgIpc) is 2.18. The Morgan fingerprint density at radius 1 is 1.33 bits per heavy atom. The standard InChI is InChI=1S/C12H16O3/c1-9(2)12(15,11(13)14)8-10-6-4-3-5-7-10/h3-7,9,15H,8H2,1-2H3,(H,13,14). The van der Waals surface area contributed by atoms with Crippen LogP contribution < -0.4 is 0 Å². The molecule has 0 fully saturated rings. The van der Waals surface area contributed by atoms with E-state index in [-0.39, 0.29) is 12.3 Å². The van der Waals surface area contributed by atoms with E-state index < -0.39 is 11.6 Å². The van der Waals surface area contributed by atoms with Crippen molar-refractivity contribution < 1.29 is 15.0 Å². The van der Waals surface area contributed by atoms with Gasteiger partial charge in [0, 0.05) is 6.42 Å². The highest BCUT2D eigenvalue weighted by atomic mass is 16.4. The zero-order chi connectivity index (χ0) is 11.5. The Morgan fingerprint density at radius 3 is 2.27 bits per heavy atom. The molecular weight excluding hydrogens is 192 g/mol. The van der Waals surface area contributed by atoms with Crippen molar-refractivity contribution in [2.45, 2.75) is 25.9 Å². The molecule has 1 unspecified atom stereocenters. The third-order valence-corrected chi connectivity index (χ3v) is 2.64. The summed E-state index contributed by atoms with van der Waals surface area (Å²) in [4.78, 5) is 11.0. The Morgan fingerprint density at radius 2 is 1.87 bits per heavy atom. The normalized spacial score (nSPS) is 14.9. The van der Waals surface area contributed by atoms with Crippen LogP contribution in [-0.2, 0) is 11.2 Å². The number of carboxylic acid groups (broad SMARTS) is 1. The van der Waals surface area contributed by atoms with Crippen LogP contribution >= 0.6 is 0 Å². The van der Waals surface area contributed by atoms with E-state index in [1.54, 1.807) is 13.8 Å². The van der Waals surface area contributed by atoms with Gasteiger partial charge in [0.15, 0.2) is 5.60 Å². The van der Waals surface area contributed by atoms with Gasteiger partial charge >= 0.3 is 5.97 Å². The maximum Gasteiger partial charge on any atom is 0.336 e. The van der Waals surface area contributed by atoms with Crippen molar-refractivity contribution in [3.8, 4) is 0 Å². The predicted molar refractivity (Wildman–Crippen MR) is 57.6 cm³/mol. The number of hydrogen-bond donors (Lipinski definition) is 2. The zero-order valence-electron chi connectivity index (χ0n) is 8.97. The fraction of sp³-hybridized carbons (Fsp3) is 0.417. The van der Waals surface area contributed by atoms with Crippen LogP contribution in [0.5, 0.6) is 0 Å². The molecule has 1 aromatic rings. The van der Waals surface area contributed by atoms with E-state index in [9.17, 15) is 9.90 Å². The molecule has 0 saturated carbocycles. The Kier molecular flexibility index (Phi) is 3.48. The molecule has 0 heterocycles. The molecular formula is C12H16O3. The van der Waals surface area contributed by atoms with E-state index in [4.69, 9.17) is 5.11 Å². The van der Waals surface area contributed by atoms with Crippen molar-refractivity contribution in [1.29, 1.82) is 0 Å². The second-order valence-corrected chi connectivity index (χ2v) is 4.05. The molecule has 0 aliphatic rings. The van der Waals surface area contributed by atoms with Crippen LogP contribution in [0, 0.1) is 5.92 Å². The lowest BCUT2D eigenvalue weighted by atomic mass is 9.84. The molecule has 82 valence electrons. The Labute approximate surface area is 89.4 Å². The monoisotopic (exact) mass is 208 g/mol. The van der Waals surface area contributed by atoms with Gasteiger partial charge in [-0.2, -0.15) is 0 Å². The second-order valence-electron chi connectivity index (χ2n) is 4.05. The Bertz CT molecular complexity index is 332. The maximum atomic E-state index is 11.0. The summed E-state index contributed by atoms with van der Waals surface area (Å²) in [6, 6.07) is 9.15. The van der Waals surface area contributed by atoms with Gasteiger partial charge in [-0.15, -0.1) is 0 Å². The molecule has 0 spiro atoms. The minimum atomic E-state index is -1.68. The fourth-order valence-corrected chi connectivity index (χ4v) is 1.43. The molecule has 3 nitrogen and oxygen atoms in total. The van der Waals surface area contributed by atoms with Gasteiger partial charge in [0.05, 0.1) is 0 Å². The zero-order valence-corrected chi connectivity index (χ0v) is 8.97. The van der Waals surface area contributed by atoms with E-state index >= 15 is 0 Å². The van der Waals surface area contributed by atoms with Gasteiger partial charge in [-0.25, -0.2) is 4.79 Å². The second kappa shape index (κ2) is 4.45. The highest BCUT2D eigenvalue weighted by molar-refractivity contribution is 5.77. The van der Waals surface area contributed by atoms with E-state index in [2.05, 4.69) is 0 Å². The molecule has 2 N–H and O–H groups in total. The van der Waals surface area contributed by atoms with Crippen LogP contribution in [0.15, 0.2) is 30.3 Å². The SMILES string of the molecule is CC(C)C(O)(Cc1ccccc1)C(=O)O. The molecule has 0 aromatic heterocycles. The van der Waals surface area contributed by atoms with Crippen LogP contribution in [0.2, 0.25) is 0 Å². The number of aliphatic carboxylic acids is 1. The van der Waals surface area contributed by atoms with Crippen molar-refractivity contribution in [3.05, 3.63) is 35.9 Å². The van der Waals surface area contributed by atoms with Crippen LogP contribution in [0.25, 0.3) is 0 Å². The average molecular weight is 208 g/mol. The van der Waals surface area contributed by atoms with Crippen molar-refractivity contribution in [1.82, 2.24) is 0 Å². The van der Waals surface area contributed by atoms with Crippen molar-refractivity contribution >= 4 is 5.97 Å². The molecule has 0 radical (unpaired) electrons. The summed E-state index contributed by atoms with van der Waals surface area (Å²) in [7, 11) is 0. The van der Waals surface area contributed by atoms with Crippen molar-refractivity contribution in [3.63, 3.8) is 0 Å². The number of benzene rings is 1. The smallest absolute Gasteiger partial charge is 0.336 e. The van der Waals surface area contributed by atoms with Crippen LogP contribution in [0.1, 0.15) is 19.4 Å². The number of carboxylic acids is 1. The van der Waals surface area contributed by atoms with Crippen molar-refractivity contribution in [2.24, 2.45) is 5.92 Å². The van der Waals surface area contributed by atoms with Crippen LogP contribution in [-0.4, -0.2) is 21.8 Å². The van der Waals surface area contributed by atoms with Crippen LogP contribution in [0.4, 0.5) is 0 Å². The quantitative estimate of drug-likeness (QED) is 0.791. The summed E-state index contributed by atoms with van der Waals surface area (Å²) in [5, 5.41) is 19.0. The first-order chi connectivity index (χ1) is 6.97. The molecule has 1 aromatic carbocycles. The predicted octanol–water partition coefficient (Wildman–Crippen LogP) is 1.70. The minimum Gasteiger partial charge on any atom is -0.479 e. The van der Waals surface area contributed by atoms with E-state index in [0.29, 0.717) is 0 Å². The highest BCUT2D eigenvalue weighted by Gasteiger charge is 2.39. The van der Waals surface area contributed by atoms with Gasteiger partial charge in [0.25, 0.3) is 0 Å². The summed E-state index contributed by atoms with van der Waals surface area (Å²) < 4.78 is 0. The summed E-state index contributed by atoms with van der Waals surface area (Å²) in [5.74, 6) is -1.49. The number of carbonyl (C=O) groups is 1. The van der Waals surface area contributed by atoms with Gasteiger partial charge in [-0.05, 0) is 11.5 Å². The molecule has 0 aliphatic heterocycles. The summed E-state index contributed by atoms with van der Waals surface area (Å²) in [6.07, 6.45) is 0.140. The molecule has 1 rings (SSSR count). The summed E-state index contributed by atoms with van der Waals surface area (Å²) in [5.41, 5.74) is -0.849. The van der Waals surface area contributed by atoms with Gasteiger partial charge in [0.1, 0.15) is 0 Å². The molecule has 15 heavy (non-hydrogen) atoms. The lowest BCUT2D eigenvalue weighted by molar-refractivity contribution is -0.163. The lowest BCUT2D eigenvalue weighted by Gasteiger charge is -2.27. The first-order valence-corrected chi connectivity index (χ1v) is 4.96. The van der Waals surface area contributed by atoms with E-state index in [0.717, 1.165) is 5.56 Å². The van der Waals surface area contributed by atoms with Crippen LogP contribution in [0.3, 0.4) is 0 Å². The molecule has 0 aliphatic carbocycles. The number of aliphatic hydroxyl groups is 1. The molecule has 3 heteroatoms. The van der Waals surface area contributed by atoms with E-state index in [1.165, 1.54) is 0 Å². The van der Waals surface area contributed by atoms with Gasteiger partial charge in [-0.1, -0.05) is 44.2 Å². The topological polar surface area (TPSA) is 57.5 Å². The number of hydrogen-bond acceptors (Lipinski definition) is 2. The molecule has 0 amide bonds. The summed E-state index contributed by atoms with van der Waals surface area (Å²) in [6.45, 7) is 3.41. The molecule has 0 bridgehead atoms. The highest BCUT2D eigenvalue weighted by Crippen LogP contribution is 2.22. The first kappa shape index (κ1) is 11.7. The largest absolute Gasteiger partial charge is 0.479 e. The molecule has 1 atom stereocenters. The minimum absolute atomic E-state index is 0.140. The number of rotatable bonds is 4. The third-order valence-electron chi connectivity index (χ3n) is 2.64. The third kappa shape index (κ3) is 2.57. The van der Waals surface area contributed by atoms with E-state index in [1.807, 2.05) is 30.3 Å². The Hall–Kier alpha value is -1.35. The lowest BCUT2D eigenvalue weighted by Crippen LogP contribution is -2.45. The maximum absolute atomic E-state index is 11.0. The Balaban J connectivity index is 2.90. The van der Waals surface area contributed by atoms with Gasteiger partial charge in [-0.3, -0.25) is 0 Å².